The molecule has 1 aliphatic heterocycles. The molecule has 11 nitrogen and oxygen atoms in total. The van der Waals surface area contributed by atoms with Crippen molar-refractivity contribution >= 4 is 57.8 Å². The van der Waals surface area contributed by atoms with E-state index in [1.54, 1.807) is 52.9 Å². The van der Waals surface area contributed by atoms with Crippen molar-refractivity contribution < 1.29 is 37.0 Å². The molecular formula is C39H52F2IN4O7PS2. The molecule has 1 unspecified atom stereocenters. The van der Waals surface area contributed by atoms with Crippen molar-refractivity contribution in [2.75, 3.05) is 31.2 Å². The van der Waals surface area contributed by atoms with Crippen LogP contribution in [-0.4, -0.2) is 69.9 Å². The number of amides is 1. The maximum absolute atomic E-state index is 15.0. The Kier molecular flexibility index (Phi) is 23.2. The summed E-state index contributed by atoms with van der Waals surface area (Å²) in [5, 5.41) is 16.0. The molecule has 308 valence electrons. The van der Waals surface area contributed by atoms with Crippen molar-refractivity contribution in [1.82, 2.24) is 20.0 Å². The first-order valence-corrected chi connectivity index (χ1v) is 23.6. The van der Waals surface area contributed by atoms with E-state index in [-0.39, 0.29) is 18.2 Å². The van der Waals surface area contributed by atoms with Crippen LogP contribution in [0.15, 0.2) is 108 Å². The fraction of sp³-hybridized carbons (Fsp3) is 0.462. The van der Waals surface area contributed by atoms with Crippen LogP contribution in [0.3, 0.4) is 0 Å². The van der Waals surface area contributed by atoms with Gasteiger partial charge in [0.1, 0.15) is 15.6 Å². The first-order valence-electron chi connectivity index (χ1n) is 18.5. The zero-order chi connectivity index (χ0) is 40.5. The molecule has 1 aromatic heterocycles. The molecule has 0 radical (unpaired) electrons. The van der Waals surface area contributed by atoms with E-state index in [0.717, 1.165) is 51.1 Å². The van der Waals surface area contributed by atoms with Gasteiger partial charge >= 0.3 is 19.4 Å². The van der Waals surface area contributed by atoms with Crippen LogP contribution in [0.4, 0.5) is 8.78 Å². The Hall–Kier alpha value is -2.57. The lowest BCUT2D eigenvalue weighted by Gasteiger charge is -2.22. The number of nitrogens with zero attached hydrogens (tertiary/aromatic N) is 2. The molecule has 3 rings (SSSR count). The molecule has 1 aromatic carbocycles. The molecule has 2 aromatic rings. The van der Waals surface area contributed by atoms with Crippen molar-refractivity contribution in [2.45, 2.75) is 82.6 Å². The van der Waals surface area contributed by atoms with E-state index in [1.165, 1.54) is 27.7 Å². The lowest BCUT2D eigenvalue weighted by atomic mass is 10.1. The van der Waals surface area contributed by atoms with Gasteiger partial charge in [-0.1, -0.05) is 107 Å². The molecule has 0 aliphatic carbocycles. The van der Waals surface area contributed by atoms with Crippen LogP contribution in [0.1, 0.15) is 64.5 Å². The summed E-state index contributed by atoms with van der Waals surface area (Å²) < 4.78 is 61.1. The number of halogens is 3. The molecule has 0 bridgehead atoms. The summed E-state index contributed by atoms with van der Waals surface area (Å²) >= 11 is 1.77. The third-order valence-corrected chi connectivity index (χ3v) is 12.4. The van der Waals surface area contributed by atoms with E-state index in [9.17, 15) is 19.3 Å². The Morgan fingerprint density at radius 3 is 2.21 bits per heavy atom. The summed E-state index contributed by atoms with van der Waals surface area (Å²) in [5.74, 6) is -2.52. The maximum Gasteiger partial charge on any atom is 0.458 e. The normalized spacial score (nSPS) is 19.6. The van der Waals surface area contributed by atoms with Crippen molar-refractivity contribution in [2.24, 2.45) is 0 Å². The standard InChI is InChI=1S/C39H52F2IN4O7PS2/c1-2-3-4-5-6-7-8-9-10-11-12-13-14-15-16-17-21-24-35(47)43-26-29-55-56-30-27-44-54(50,53-32-22-19-18-20-23-32)51-31-33-36(48)39(40,41)37(52-33)46-28-25-34(42)45-38(46)49/h3-4,6-7,9-10,12-13,15-16,18-20,22-23,25,28,33,36-37,48H,2,5,8,11,14,17,21,24,26-27,29-31H2,1H3,(H,43,47)(H,44,50)/b4-3-,7-6-,10-9-,13-12-,16-15-/t33-,36-,37-,54?/m1/s1. The summed E-state index contributed by atoms with van der Waals surface area (Å²) in [5.41, 5.74) is -0.971. The molecule has 1 saturated heterocycles. The average molecular weight is 949 g/mol. The van der Waals surface area contributed by atoms with Gasteiger partial charge in [-0.3, -0.25) is 13.9 Å². The van der Waals surface area contributed by atoms with E-state index < -0.39 is 44.4 Å². The van der Waals surface area contributed by atoms with Crippen LogP contribution < -0.4 is 20.6 Å². The first-order chi connectivity index (χ1) is 27.1. The van der Waals surface area contributed by atoms with E-state index in [4.69, 9.17) is 13.8 Å². The van der Waals surface area contributed by atoms with E-state index in [0.29, 0.717) is 32.7 Å². The molecule has 1 aliphatic rings. The number of carbonyl (C=O) groups is 1. The summed E-state index contributed by atoms with van der Waals surface area (Å²) in [6.45, 7) is 2.08. The van der Waals surface area contributed by atoms with Crippen LogP contribution in [0.5, 0.6) is 5.75 Å². The minimum Gasteiger partial charge on any atom is -0.413 e. The maximum atomic E-state index is 15.0. The lowest BCUT2D eigenvalue weighted by molar-refractivity contribution is -0.141. The Balaban J connectivity index is 1.29. The predicted molar refractivity (Wildman–Crippen MR) is 231 cm³/mol. The number of carbonyl (C=O) groups excluding carboxylic acids is 1. The van der Waals surface area contributed by atoms with E-state index in [2.05, 4.69) is 83.1 Å². The number of benzene rings is 1. The largest absolute Gasteiger partial charge is 0.458 e. The second kappa shape index (κ2) is 27.2. The fourth-order valence-corrected chi connectivity index (χ4v) is 8.65. The highest BCUT2D eigenvalue weighted by Gasteiger charge is 2.60. The molecule has 3 N–H and O–H groups in total. The topological polar surface area (TPSA) is 141 Å². The number of hydrogen-bond donors (Lipinski definition) is 3. The fourth-order valence-electron chi connectivity index (χ4n) is 4.98. The first kappa shape index (κ1) is 47.8. The minimum absolute atomic E-state index is 0.00322. The van der Waals surface area contributed by atoms with Crippen LogP contribution in [0.2, 0.25) is 0 Å². The number of ether oxygens (including phenoxy) is 1. The summed E-state index contributed by atoms with van der Waals surface area (Å²) in [6.07, 6.45) is 23.4. The zero-order valence-electron chi connectivity index (χ0n) is 31.4. The van der Waals surface area contributed by atoms with Crippen molar-refractivity contribution in [1.29, 1.82) is 0 Å². The van der Waals surface area contributed by atoms with Crippen molar-refractivity contribution in [3.05, 3.63) is 118 Å². The molecule has 0 saturated carbocycles. The number of rotatable bonds is 27. The van der Waals surface area contributed by atoms with Gasteiger partial charge in [0.15, 0.2) is 6.10 Å². The van der Waals surface area contributed by atoms with Gasteiger partial charge in [-0.15, -0.1) is 0 Å². The molecular weight excluding hydrogens is 896 g/mol. The van der Waals surface area contributed by atoms with Crippen LogP contribution in [0.25, 0.3) is 0 Å². The second-order valence-corrected chi connectivity index (χ2v) is 17.8. The number of para-hydroxylation sites is 1. The van der Waals surface area contributed by atoms with Crippen LogP contribution >= 0.6 is 51.9 Å². The molecule has 17 heteroatoms. The molecule has 56 heavy (non-hydrogen) atoms. The van der Waals surface area contributed by atoms with Gasteiger partial charge in [0.05, 0.1) is 6.61 Å². The monoisotopic (exact) mass is 948 g/mol. The molecule has 1 amide bonds. The quantitative estimate of drug-likeness (QED) is 0.0198. The van der Waals surface area contributed by atoms with E-state index in [1.807, 2.05) is 0 Å². The van der Waals surface area contributed by atoms with Crippen LogP contribution in [0, 0.1) is 3.70 Å². The number of alkyl halides is 2. The van der Waals surface area contributed by atoms with E-state index >= 15 is 8.78 Å². The summed E-state index contributed by atoms with van der Waals surface area (Å²) in [4.78, 5) is 28.1. The van der Waals surface area contributed by atoms with Gasteiger partial charge in [0.2, 0.25) is 12.1 Å². The summed E-state index contributed by atoms with van der Waals surface area (Å²) in [7, 11) is -1.13. The Bertz CT molecular complexity index is 1720. The molecule has 1 fully saturated rings. The molecule has 0 spiro atoms. The molecule has 4 atom stereocenters. The number of unbranched alkanes of at least 4 members (excludes halogenated alkanes) is 1. The number of nitrogens with one attached hydrogen (secondary N) is 2. The van der Waals surface area contributed by atoms with Gasteiger partial charge in [0, 0.05) is 37.2 Å². The van der Waals surface area contributed by atoms with Crippen LogP contribution in [-0.2, 0) is 18.6 Å². The smallest absolute Gasteiger partial charge is 0.413 e. The highest BCUT2D eigenvalue weighted by atomic mass is 127. The van der Waals surface area contributed by atoms with Gasteiger partial charge in [-0.05, 0) is 85.7 Å². The third kappa shape index (κ3) is 18.3. The zero-order valence-corrected chi connectivity index (χ0v) is 36.1. The molecule has 2 heterocycles. The number of aromatic nitrogens is 2. The summed E-state index contributed by atoms with van der Waals surface area (Å²) in [6, 6.07) is 9.54. The number of aliphatic hydroxyl groups excluding tert-OH is 1. The SMILES string of the molecule is CC/C=C\C/C=C\C/C=C\C/C=C\C/C=C\CCCC(=O)NCCSSCCNP(=O)(OC[C@H]1O[C@@H](n2ccc(I)nc2=O)C(F)(F)[C@@H]1O)Oc1ccccc1. The Labute approximate surface area is 350 Å². The van der Waals surface area contributed by atoms with Crippen molar-refractivity contribution in [3.63, 3.8) is 0 Å². The number of aliphatic hydroxyl groups is 1. The highest BCUT2D eigenvalue weighted by Crippen LogP contribution is 2.47. The Morgan fingerprint density at radius 2 is 1.59 bits per heavy atom. The minimum atomic E-state index is -4.14. The van der Waals surface area contributed by atoms with Crippen molar-refractivity contribution in [3.8, 4) is 5.75 Å². The number of hydrogen-bond acceptors (Lipinski definition) is 10. The Morgan fingerprint density at radius 1 is 0.982 bits per heavy atom. The highest BCUT2D eigenvalue weighted by molar-refractivity contribution is 14.1. The predicted octanol–water partition coefficient (Wildman–Crippen LogP) is 8.95. The van der Waals surface area contributed by atoms with Gasteiger partial charge in [-0.25, -0.2) is 14.4 Å². The van der Waals surface area contributed by atoms with Gasteiger partial charge < -0.3 is 19.7 Å². The average Bonchev–Trinajstić information content (AvgIpc) is 3.40. The number of allylic oxidation sites excluding steroid dienone is 10. The third-order valence-electron chi connectivity index (χ3n) is 7.82. The lowest BCUT2D eigenvalue weighted by Crippen LogP contribution is -2.42. The van der Waals surface area contributed by atoms with Gasteiger partial charge in [0.25, 0.3) is 0 Å². The van der Waals surface area contributed by atoms with Gasteiger partial charge in [-0.2, -0.15) is 13.8 Å². The second-order valence-electron chi connectivity index (χ2n) is 12.3.